The summed E-state index contributed by atoms with van der Waals surface area (Å²) in [6.45, 7) is 1.65. The van der Waals surface area contributed by atoms with Gasteiger partial charge in [-0.1, -0.05) is 23.9 Å². The zero-order valence-corrected chi connectivity index (χ0v) is 22.7. The van der Waals surface area contributed by atoms with Crippen molar-refractivity contribution in [2.75, 3.05) is 23.6 Å². The van der Waals surface area contributed by atoms with Crippen LogP contribution in [0.4, 0.5) is 11.4 Å². The van der Waals surface area contributed by atoms with E-state index in [9.17, 15) is 27.4 Å². The molecule has 3 aromatic rings. The number of thiazole rings is 1. The predicted molar refractivity (Wildman–Crippen MR) is 144 cm³/mol. The van der Waals surface area contributed by atoms with Crippen LogP contribution in [-0.2, 0) is 31.5 Å². The highest BCUT2D eigenvalue weighted by Crippen LogP contribution is 2.44. The second-order valence-electron chi connectivity index (χ2n) is 8.16. The molecule has 0 fully saturated rings. The van der Waals surface area contributed by atoms with Crippen LogP contribution in [0.5, 0.6) is 0 Å². The molecule has 2 aliphatic heterocycles. The van der Waals surface area contributed by atoms with Crippen LogP contribution >= 0.6 is 23.1 Å². The smallest absolute Gasteiger partial charge is 0.359 e. The van der Waals surface area contributed by atoms with Crippen molar-refractivity contribution in [1.82, 2.24) is 4.57 Å². The lowest BCUT2D eigenvalue weighted by Crippen LogP contribution is -2.34. The van der Waals surface area contributed by atoms with Crippen molar-refractivity contribution in [1.29, 1.82) is 0 Å². The molecule has 1 aromatic heterocycles. The van der Waals surface area contributed by atoms with E-state index in [4.69, 9.17) is 4.74 Å². The van der Waals surface area contributed by atoms with E-state index >= 15 is 0 Å². The van der Waals surface area contributed by atoms with Gasteiger partial charge in [0.2, 0.25) is 0 Å². The van der Waals surface area contributed by atoms with Gasteiger partial charge in [-0.2, -0.15) is 18.5 Å². The maximum atomic E-state index is 13.6. The van der Waals surface area contributed by atoms with Crippen molar-refractivity contribution >= 4 is 72.8 Å². The number of hydrogen-bond acceptors (Lipinski definition) is 10. The molecule has 1 N–H and O–H groups in total. The zero-order valence-electron chi connectivity index (χ0n) is 20.2. The average molecular weight is 573 g/mol. The molecule has 196 valence electrons. The maximum Gasteiger partial charge on any atom is 0.359 e. The normalized spacial score (nSPS) is 18.1. The van der Waals surface area contributed by atoms with Gasteiger partial charge in [0.25, 0.3) is 21.6 Å². The molecule has 0 spiro atoms. The molecule has 0 aliphatic carbocycles. The van der Waals surface area contributed by atoms with Gasteiger partial charge in [-0.25, -0.2) is 4.79 Å². The van der Waals surface area contributed by atoms with E-state index in [1.54, 1.807) is 6.92 Å². The molecule has 0 saturated heterocycles. The number of para-hydroxylation sites is 1. The summed E-state index contributed by atoms with van der Waals surface area (Å²) in [7, 11) is -1.08. The van der Waals surface area contributed by atoms with Crippen molar-refractivity contribution in [3.63, 3.8) is 0 Å². The summed E-state index contributed by atoms with van der Waals surface area (Å²) < 4.78 is 39.1. The van der Waals surface area contributed by atoms with Crippen LogP contribution in [0.25, 0.3) is 10.6 Å². The number of anilines is 2. The van der Waals surface area contributed by atoms with Crippen molar-refractivity contribution in [2.45, 2.75) is 16.7 Å². The van der Waals surface area contributed by atoms with Gasteiger partial charge in [0.15, 0.2) is 5.71 Å². The van der Waals surface area contributed by atoms with Crippen molar-refractivity contribution < 1.29 is 27.3 Å². The van der Waals surface area contributed by atoms with Crippen LogP contribution in [0.1, 0.15) is 6.92 Å². The van der Waals surface area contributed by atoms with Gasteiger partial charge in [-0.15, -0.1) is 11.3 Å². The first-order valence-electron chi connectivity index (χ1n) is 11.2. The molecule has 0 saturated carbocycles. The molecular weight excluding hydrogens is 552 g/mol. The van der Waals surface area contributed by atoms with Gasteiger partial charge in [0.05, 0.1) is 22.9 Å². The Morgan fingerprint density at radius 3 is 2.39 bits per heavy atom. The van der Waals surface area contributed by atoms with Gasteiger partial charge < -0.3 is 14.2 Å². The summed E-state index contributed by atoms with van der Waals surface area (Å²) >= 11 is 2.50. The number of hydrazone groups is 1. The molecular formula is C24H20N4O7S3. The number of esters is 1. The van der Waals surface area contributed by atoms with Crippen molar-refractivity contribution in [3.05, 3.63) is 68.1 Å². The van der Waals surface area contributed by atoms with Gasteiger partial charge >= 0.3 is 5.97 Å². The Labute approximate surface area is 224 Å². The molecule has 0 unspecified atom stereocenters. The molecule has 14 heteroatoms. The minimum absolute atomic E-state index is 0.0363. The van der Waals surface area contributed by atoms with Gasteiger partial charge in [0.1, 0.15) is 19.8 Å². The van der Waals surface area contributed by atoms with E-state index in [0.717, 1.165) is 39.1 Å². The van der Waals surface area contributed by atoms with Gasteiger partial charge in [0, 0.05) is 19.0 Å². The number of carbonyl (C=O) groups is 2. The van der Waals surface area contributed by atoms with Gasteiger partial charge in [-0.3, -0.25) is 14.1 Å². The molecule has 5 rings (SSSR count). The van der Waals surface area contributed by atoms with E-state index in [1.165, 1.54) is 35.5 Å². The molecule has 3 heterocycles. The molecule has 38 heavy (non-hydrogen) atoms. The van der Waals surface area contributed by atoms with Crippen LogP contribution in [-0.4, -0.2) is 48.8 Å². The van der Waals surface area contributed by atoms with Gasteiger partial charge in [-0.05, 0) is 43.3 Å². The predicted octanol–water partition coefficient (Wildman–Crippen LogP) is 1.12. The number of rotatable bonds is 4. The lowest BCUT2D eigenvalue weighted by Gasteiger charge is -2.11. The third kappa shape index (κ3) is 4.24. The third-order valence-corrected chi connectivity index (χ3v) is 9.32. The second kappa shape index (κ2) is 9.54. The van der Waals surface area contributed by atoms with E-state index in [1.807, 2.05) is 36.2 Å². The van der Waals surface area contributed by atoms with Crippen LogP contribution in [0, 0.1) is 0 Å². The van der Waals surface area contributed by atoms with Crippen LogP contribution in [0.3, 0.4) is 0 Å². The summed E-state index contributed by atoms with van der Waals surface area (Å²) in [6.07, 6.45) is 0. The molecule has 1 amide bonds. The Balaban J connectivity index is 1.70. The fourth-order valence-electron chi connectivity index (χ4n) is 3.98. The number of ether oxygens (including phenoxy) is 1. The van der Waals surface area contributed by atoms with E-state index in [2.05, 4.69) is 5.10 Å². The highest BCUT2D eigenvalue weighted by atomic mass is 32.2. The number of amides is 1. The zero-order chi connectivity index (χ0) is 27.4. The largest absolute Gasteiger partial charge is 0.461 e. The Bertz CT molecular complexity index is 1820. The lowest BCUT2D eigenvalue weighted by atomic mass is 10.1. The topological polar surface area (TPSA) is 139 Å². The number of nitrogens with zero attached hydrogens (tertiary/aromatic N) is 4. The molecule has 2 aliphatic rings. The van der Waals surface area contributed by atoms with Crippen molar-refractivity contribution in [2.24, 2.45) is 12.1 Å². The molecule has 0 atom stereocenters. The number of fused-ring (bicyclic) bond motifs is 1. The quantitative estimate of drug-likeness (QED) is 0.360. The first-order chi connectivity index (χ1) is 18.0. The summed E-state index contributed by atoms with van der Waals surface area (Å²) in [4.78, 5) is 42.3. The fourth-order valence-corrected chi connectivity index (χ4v) is 6.94. The Morgan fingerprint density at radius 1 is 1.08 bits per heavy atom. The summed E-state index contributed by atoms with van der Waals surface area (Å²) in [5, 5.41) is 5.80. The number of carbonyl (C=O) groups excluding carboxylic acids is 2. The van der Waals surface area contributed by atoms with Crippen LogP contribution in [0.2, 0.25) is 0 Å². The fraction of sp³-hybridized carbons (Fsp3) is 0.167. The van der Waals surface area contributed by atoms with E-state index in [0.29, 0.717) is 9.56 Å². The molecule has 11 nitrogen and oxygen atoms in total. The minimum atomic E-state index is -4.45. The summed E-state index contributed by atoms with van der Waals surface area (Å²) in [6, 6.07) is 12.5. The first kappa shape index (κ1) is 25.9. The van der Waals surface area contributed by atoms with Crippen molar-refractivity contribution in [3.8, 4) is 0 Å². The minimum Gasteiger partial charge on any atom is -0.461 e. The summed E-state index contributed by atoms with van der Waals surface area (Å²) in [5.74, 6) is -1.54. The third-order valence-electron chi connectivity index (χ3n) is 5.84. The Hall–Kier alpha value is -3.72. The maximum absolute atomic E-state index is 13.6. The second-order valence-corrected chi connectivity index (χ2v) is 11.6. The number of aromatic nitrogens is 1. The SMILES string of the molecule is CCOC(=O)C1=NN(c2ccc(S(=O)(=O)O)cc2)C(=O)/C1=c1/s/c(=C2/Sc3ccccc3N2C)c(=O)n1C. The Morgan fingerprint density at radius 2 is 1.76 bits per heavy atom. The van der Waals surface area contributed by atoms with E-state index in [-0.39, 0.29) is 38.7 Å². The summed E-state index contributed by atoms with van der Waals surface area (Å²) in [5.41, 5.74) is 0.368. The molecule has 0 radical (unpaired) electrons. The molecule has 0 bridgehead atoms. The first-order valence-corrected chi connectivity index (χ1v) is 14.2. The lowest BCUT2D eigenvalue weighted by molar-refractivity contribution is -0.134. The van der Waals surface area contributed by atoms with Crippen LogP contribution in [0.15, 0.2) is 68.2 Å². The highest BCUT2D eigenvalue weighted by Gasteiger charge is 2.38. The van der Waals surface area contributed by atoms with E-state index < -0.39 is 22.0 Å². The number of hydrogen-bond donors (Lipinski definition) is 1. The van der Waals surface area contributed by atoms with Crippen LogP contribution < -0.4 is 24.7 Å². The highest BCUT2D eigenvalue weighted by molar-refractivity contribution is 8.08. The molecule has 2 aromatic carbocycles. The standard InChI is InChI=1S/C24H20N4O7S3/c1-4-35-24(31)18-17(20(29)28(25-18)13-9-11-14(12-10-13)38(32,33)34)22-27(3)21(30)19(37-22)23-26(2)15-7-5-6-8-16(15)36-23/h5-12H,4H2,1-3H3,(H,32,33,34)/b22-17+,23-19+. The monoisotopic (exact) mass is 572 g/mol. The Kier molecular flexibility index (Phi) is 6.51. The number of benzene rings is 2. The number of thioether (sulfide) groups is 1. The average Bonchev–Trinajstić information content (AvgIpc) is 3.50.